The summed E-state index contributed by atoms with van der Waals surface area (Å²) in [5.41, 5.74) is 6.29. The SMILES string of the molecule is CC(C)(C)OC(=O)[C@@H]1CCCN1C[C@H]1C[C@@H](c2ccc(CO)cc2)O[C@@H](c2ccc(-c3ccccc3CNC(=O)NCc3ccccc3)cc2)O1. The Balaban J connectivity index is 1.16. The normalized spacial score (nSPS) is 20.9. The first kappa shape index (κ1) is 36.3. The maximum Gasteiger partial charge on any atom is 0.323 e. The van der Waals surface area contributed by atoms with Crippen LogP contribution in [0.1, 0.15) is 80.2 Å². The summed E-state index contributed by atoms with van der Waals surface area (Å²) >= 11 is 0. The molecule has 0 radical (unpaired) electrons. The van der Waals surface area contributed by atoms with E-state index in [1.807, 2.05) is 106 Å². The van der Waals surface area contributed by atoms with Crippen molar-refractivity contribution in [3.8, 4) is 11.1 Å². The number of esters is 1. The molecule has 0 bridgehead atoms. The molecule has 2 fully saturated rings. The molecule has 0 spiro atoms. The van der Waals surface area contributed by atoms with Gasteiger partial charge in [-0.15, -0.1) is 0 Å². The van der Waals surface area contributed by atoms with Crippen molar-refractivity contribution >= 4 is 12.0 Å². The van der Waals surface area contributed by atoms with Crippen LogP contribution in [0, 0.1) is 0 Å². The zero-order valence-electron chi connectivity index (χ0n) is 29.7. The van der Waals surface area contributed by atoms with Crippen LogP contribution in [0.25, 0.3) is 11.1 Å². The number of hydrogen-bond acceptors (Lipinski definition) is 7. The number of carbonyl (C=O) groups is 2. The summed E-state index contributed by atoms with van der Waals surface area (Å²) < 4.78 is 19.0. The van der Waals surface area contributed by atoms with Crippen LogP contribution in [0.4, 0.5) is 4.79 Å². The van der Waals surface area contributed by atoms with E-state index in [0.29, 0.717) is 26.1 Å². The minimum absolute atomic E-state index is 0.0197. The number of ether oxygens (including phenoxy) is 3. The monoisotopic (exact) mass is 691 g/mol. The standard InChI is InChI=1S/C42H49N3O6/c1-42(2,3)51-39(47)37-14-9-23-45(37)27-35-24-38(32-17-15-30(28-46)16-18-32)50-40(49-35)33-21-19-31(20-22-33)36-13-8-7-12-34(36)26-44-41(48)43-25-29-10-5-4-6-11-29/h4-8,10-13,15-22,35,37-38,40,46H,9,14,23-28H2,1-3H3,(H2,43,44,48)/t35-,37+,38+,40+/m1/s1. The maximum absolute atomic E-state index is 13.1. The molecular formula is C42H49N3O6. The molecule has 2 saturated heterocycles. The van der Waals surface area contributed by atoms with E-state index in [1.54, 1.807) is 0 Å². The van der Waals surface area contributed by atoms with Gasteiger partial charge in [0.05, 0.1) is 18.8 Å². The Kier molecular flexibility index (Phi) is 11.8. The molecule has 9 heteroatoms. The number of rotatable bonds is 11. The minimum atomic E-state index is -0.617. The number of benzene rings is 4. The highest BCUT2D eigenvalue weighted by atomic mass is 16.7. The molecule has 2 amide bonds. The molecule has 268 valence electrons. The van der Waals surface area contributed by atoms with Crippen molar-refractivity contribution in [1.29, 1.82) is 0 Å². The first-order valence-corrected chi connectivity index (χ1v) is 17.9. The van der Waals surface area contributed by atoms with E-state index in [0.717, 1.165) is 58.3 Å². The van der Waals surface area contributed by atoms with Gasteiger partial charge in [0, 0.05) is 31.6 Å². The highest BCUT2D eigenvalue weighted by molar-refractivity contribution is 5.76. The number of carbonyl (C=O) groups excluding carboxylic acids is 2. The molecule has 6 rings (SSSR count). The highest BCUT2D eigenvalue weighted by Crippen LogP contribution is 2.39. The highest BCUT2D eigenvalue weighted by Gasteiger charge is 2.39. The maximum atomic E-state index is 13.1. The lowest BCUT2D eigenvalue weighted by molar-refractivity contribution is -0.253. The second-order valence-corrected chi connectivity index (χ2v) is 14.3. The molecule has 0 aliphatic carbocycles. The van der Waals surface area contributed by atoms with Crippen LogP contribution in [0.3, 0.4) is 0 Å². The van der Waals surface area contributed by atoms with Crippen LogP contribution >= 0.6 is 0 Å². The molecular weight excluding hydrogens is 642 g/mol. The van der Waals surface area contributed by atoms with Crippen LogP contribution in [-0.2, 0) is 38.7 Å². The van der Waals surface area contributed by atoms with Crippen LogP contribution in [0.15, 0.2) is 103 Å². The average molecular weight is 692 g/mol. The summed E-state index contributed by atoms with van der Waals surface area (Å²) in [6.07, 6.45) is 1.29. The molecule has 4 aromatic rings. The third kappa shape index (κ3) is 9.83. The topological polar surface area (TPSA) is 109 Å². The Morgan fingerprint density at radius 1 is 0.824 bits per heavy atom. The lowest BCUT2D eigenvalue weighted by Gasteiger charge is -2.38. The summed E-state index contributed by atoms with van der Waals surface area (Å²) in [6.45, 7) is 7.92. The number of hydrogen-bond donors (Lipinski definition) is 3. The Hall–Kier alpha value is -4.54. The van der Waals surface area contributed by atoms with E-state index in [1.165, 1.54) is 0 Å². The predicted octanol–water partition coefficient (Wildman–Crippen LogP) is 7.20. The van der Waals surface area contributed by atoms with Gasteiger partial charge in [-0.2, -0.15) is 0 Å². The van der Waals surface area contributed by atoms with Crippen LogP contribution < -0.4 is 10.6 Å². The second-order valence-electron chi connectivity index (χ2n) is 14.3. The summed E-state index contributed by atoms with van der Waals surface area (Å²) in [5, 5.41) is 15.5. The van der Waals surface area contributed by atoms with Crippen molar-refractivity contribution in [3.05, 3.63) is 131 Å². The molecule has 2 aliphatic rings. The Labute approximate surface area is 300 Å². The van der Waals surface area contributed by atoms with Gasteiger partial charge < -0.3 is 30.0 Å². The first-order chi connectivity index (χ1) is 24.6. The summed E-state index contributed by atoms with van der Waals surface area (Å²) in [6, 6.07) is 33.4. The number of amides is 2. The number of likely N-dealkylation sites (tertiary alicyclic amines) is 1. The largest absolute Gasteiger partial charge is 0.459 e. The number of nitrogens with one attached hydrogen (secondary N) is 2. The van der Waals surface area contributed by atoms with Crippen LogP contribution in [0.2, 0.25) is 0 Å². The number of urea groups is 1. The average Bonchev–Trinajstić information content (AvgIpc) is 3.61. The fourth-order valence-electron chi connectivity index (χ4n) is 6.77. The van der Waals surface area contributed by atoms with Gasteiger partial charge in [-0.05, 0) is 73.5 Å². The van der Waals surface area contributed by atoms with Crippen molar-refractivity contribution in [1.82, 2.24) is 15.5 Å². The van der Waals surface area contributed by atoms with Gasteiger partial charge >= 0.3 is 12.0 Å². The number of nitrogens with zero attached hydrogens (tertiary/aromatic N) is 1. The third-order valence-corrected chi connectivity index (χ3v) is 9.34. The van der Waals surface area contributed by atoms with Gasteiger partial charge in [-0.3, -0.25) is 9.69 Å². The van der Waals surface area contributed by atoms with Gasteiger partial charge in [0.2, 0.25) is 0 Å². The molecule has 9 nitrogen and oxygen atoms in total. The van der Waals surface area contributed by atoms with E-state index in [9.17, 15) is 14.7 Å². The van der Waals surface area contributed by atoms with E-state index >= 15 is 0 Å². The van der Waals surface area contributed by atoms with Crippen molar-refractivity contribution in [2.45, 2.75) is 89.9 Å². The van der Waals surface area contributed by atoms with Crippen molar-refractivity contribution < 1.29 is 28.9 Å². The van der Waals surface area contributed by atoms with Gasteiger partial charge in [-0.25, -0.2) is 4.79 Å². The molecule has 3 N–H and O–H groups in total. The summed E-state index contributed by atoms with van der Waals surface area (Å²) in [4.78, 5) is 27.9. The molecule has 2 heterocycles. The lowest BCUT2D eigenvalue weighted by Crippen LogP contribution is -2.45. The molecule has 0 unspecified atom stereocenters. The van der Waals surface area contributed by atoms with Crippen molar-refractivity contribution in [2.75, 3.05) is 13.1 Å². The van der Waals surface area contributed by atoms with Crippen molar-refractivity contribution in [2.24, 2.45) is 0 Å². The molecule has 0 saturated carbocycles. The van der Waals surface area contributed by atoms with E-state index < -0.39 is 11.9 Å². The molecule has 4 aromatic carbocycles. The summed E-state index contributed by atoms with van der Waals surface area (Å²) in [5.74, 6) is -0.182. The summed E-state index contributed by atoms with van der Waals surface area (Å²) in [7, 11) is 0. The van der Waals surface area contributed by atoms with E-state index in [-0.39, 0.29) is 36.9 Å². The minimum Gasteiger partial charge on any atom is -0.459 e. The Morgan fingerprint density at radius 2 is 1.51 bits per heavy atom. The molecule has 0 aromatic heterocycles. The fourth-order valence-corrected chi connectivity index (χ4v) is 6.77. The van der Waals surface area contributed by atoms with Gasteiger partial charge in [0.15, 0.2) is 6.29 Å². The lowest BCUT2D eigenvalue weighted by atomic mass is 9.97. The molecule has 2 aliphatic heterocycles. The van der Waals surface area contributed by atoms with Crippen LogP contribution in [-0.4, -0.2) is 52.8 Å². The smallest absolute Gasteiger partial charge is 0.323 e. The Morgan fingerprint density at radius 3 is 2.24 bits per heavy atom. The van der Waals surface area contributed by atoms with Gasteiger partial charge in [0.1, 0.15) is 11.6 Å². The van der Waals surface area contributed by atoms with Crippen molar-refractivity contribution in [3.63, 3.8) is 0 Å². The van der Waals surface area contributed by atoms with E-state index in [2.05, 4.69) is 33.7 Å². The van der Waals surface area contributed by atoms with Gasteiger partial charge in [0.25, 0.3) is 0 Å². The molecule has 51 heavy (non-hydrogen) atoms. The number of aliphatic hydroxyl groups is 1. The first-order valence-electron chi connectivity index (χ1n) is 17.9. The quantitative estimate of drug-likeness (QED) is 0.143. The fraction of sp³-hybridized carbons (Fsp3) is 0.381. The zero-order chi connectivity index (χ0) is 35.8. The number of aliphatic hydroxyl groups excluding tert-OH is 1. The van der Waals surface area contributed by atoms with Gasteiger partial charge in [-0.1, -0.05) is 103 Å². The Bertz CT molecular complexity index is 1740. The predicted molar refractivity (Wildman–Crippen MR) is 196 cm³/mol. The van der Waals surface area contributed by atoms with E-state index in [4.69, 9.17) is 14.2 Å². The zero-order valence-corrected chi connectivity index (χ0v) is 29.7. The third-order valence-electron chi connectivity index (χ3n) is 9.34. The second kappa shape index (κ2) is 16.7. The molecule has 4 atom stereocenters. The van der Waals surface area contributed by atoms with Crippen LogP contribution in [0.5, 0.6) is 0 Å².